The zero-order valence-electron chi connectivity index (χ0n) is 13.2. The molecular formula is C20H15Cl2NO2. The van der Waals surface area contributed by atoms with E-state index in [0.717, 1.165) is 5.56 Å². The van der Waals surface area contributed by atoms with Crippen LogP contribution in [0.15, 0.2) is 72.8 Å². The first-order chi connectivity index (χ1) is 12.1. The largest absolute Gasteiger partial charge is 0.489 e. The number of nitrogens with one attached hydrogen (secondary N) is 1. The normalized spacial score (nSPS) is 10.3. The van der Waals surface area contributed by atoms with Gasteiger partial charge < -0.3 is 10.1 Å². The van der Waals surface area contributed by atoms with E-state index >= 15 is 0 Å². The summed E-state index contributed by atoms with van der Waals surface area (Å²) < 4.78 is 5.76. The van der Waals surface area contributed by atoms with E-state index in [1.807, 2.05) is 42.5 Å². The molecule has 0 radical (unpaired) electrons. The summed E-state index contributed by atoms with van der Waals surface area (Å²) in [4.78, 5) is 12.3. The molecule has 3 nitrogen and oxygen atoms in total. The smallest absolute Gasteiger partial charge is 0.255 e. The van der Waals surface area contributed by atoms with E-state index in [2.05, 4.69) is 5.32 Å². The number of rotatable bonds is 5. The number of benzene rings is 3. The summed E-state index contributed by atoms with van der Waals surface area (Å²) in [6, 6.07) is 21.8. The summed E-state index contributed by atoms with van der Waals surface area (Å²) in [7, 11) is 0. The third-order valence-corrected chi connectivity index (χ3v) is 3.90. The third-order valence-electron chi connectivity index (χ3n) is 3.46. The molecule has 0 saturated carbocycles. The average Bonchev–Trinajstić information content (AvgIpc) is 2.60. The molecule has 1 N–H and O–H groups in total. The van der Waals surface area contributed by atoms with Crippen molar-refractivity contribution in [2.24, 2.45) is 0 Å². The first-order valence-electron chi connectivity index (χ1n) is 7.64. The van der Waals surface area contributed by atoms with Gasteiger partial charge in [0.25, 0.3) is 5.91 Å². The number of hydrogen-bond acceptors (Lipinski definition) is 2. The van der Waals surface area contributed by atoms with Gasteiger partial charge in [0.15, 0.2) is 0 Å². The third kappa shape index (κ3) is 4.99. The van der Waals surface area contributed by atoms with Crippen LogP contribution < -0.4 is 10.1 Å². The summed E-state index contributed by atoms with van der Waals surface area (Å²) >= 11 is 11.9. The van der Waals surface area contributed by atoms with Crippen molar-refractivity contribution in [1.82, 2.24) is 0 Å². The maximum Gasteiger partial charge on any atom is 0.255 e. The maximum atomic E-state index is 12.3. The lowest BCUT2D eigenvalue weighted by Gasteiger charge is -2.10. The molecule has 25 heavy (non-hydrogen) atoms. The van der Waals surface area contributed by atoms with Crippen LogP contribution >= 0.6 is 23.2 Å². The second-order valence-electron chi connectivity index (χ2n) is 5.41. The first-order valence-corrected chi connectivity index (χ1v) is 8.40. The molecule has 0 aromatic heterocycles. The van der Waals surface area contributed by atoms with Gasteiger partial charge in [-0.05, 0) is 35.9 Å². The summed E-state index contributed by atoms with van der Waals surface area (Å²) in [6.07, 6.45) is 0. The molecule has 126 valence electrons. The van der Waals surface area contributed by atoms with E-state index in [4.69, 9.17) is 27.9 Å². The van der Waals surface area contributed by atoms with E-state index < -0.39 is 0 Å². The summed E-state index contributed by atoms with van der Waals surface area (Å²) in [5.41, 5.74) is 2.10. The number of halogens is 2. The molecule has 5 heteroatoms. The fraction of sp³-hybridized carbons (Fsp3) is 0.0500. The van der Waals surface area contributed by atoms with Crippen molar-refractivity contribution in [1.29, 1.82) is 0 Å². The highest BCUT2D eigenvalue weighted by Gasteiger charge is 2.09. The highest BCUT2D eigenvalue weighted by atomic mass is 35.5. The molecule has 0 heterocycles. The van der Waals surface area contributed by atoms with Crippen molar-refractivity contribution in [3.63, 3.8) is 0 Å². The minimum absolute atomic E-state index is 0.287. The molecule has 0 fully saturated rings. The Kier molecular flexibility index (Phi) is 5.59. The minimum atomic E-state index is -0.287. The molecule has 0 atom stereocenters. The van der Waals surface area contributed by atoms with Gasteiger partial charge in [-0.2, -0.15) is 0 Å². The summed E-state index contributed by atoms with van der Waals surface area (Å²) in [5.74, 6) is 0.385. The van der Waals surface area contributed by atoms with E-state index in [-0.39, 0.29) is 5.91 Å². The van der Waals surface area contributed by atoms with Crippen molar-refractivity contribution in [2.75, 3.05) is 5.32 Å². The minimum Gasteiger partial charge on any atom is -0.489 e. The van der Waals surface area contributed by atoms with Crippen LogP contribution in [0, 0.1) is 0 Å². The summed E-state index contributed by atoms with van der Waals surface area (Å²) in [6.45, 7) is 0.460. The van der Waals surface area contributed by atoms with Crippen LogP contribution in [-0.2, 0) is 6.61 Å². The monoisotopic (exact) mass is 371 g/mol. The molecule has 0 saturated heterocycles. The van der Waals surface area contributed by atoms with Crippen LogP contribution in [0.25, 0.3) is 0 Å². The Bertz CT molecular complexity index is 862. The van der Waals surface area contributed by atoms with Gasteiger partial charge in [-0.25, -0.2) is 0 Å². The maximum absolute atomic E-state index is 12.3. The standard InChI is InChI=1S/C20H15Cl2NO2/c21-16-9-15(10-17(22)11-16)20(24)23-18-7-4-8-19(12-18)25-13-14-5-2-1-3-6-14/h1-12H,13H2,(H,23,24). The Morgan fingerprint density at radius 2 is 1.60 bits per heavy atom. The fourth-order valence-electron chi connectivity index (χ4n) is 2.29. The quantitative estimate of drug-likeness (QED) is 0.612. The Morgan fingerprint density at radius 3 is 2.32 bits per heavy atom. The zero-order chi connectivity index (χ0) is 17.6. The van der Waals surface area contributed by atoms with Gasteiger partial charge >= 0.3 is 0 Å². The molecule has 0 unspecified atom stereocenters. The highest BCUT2D eigenvalue weighted by molar-refractivity contribution is 6.35. The number of carbonyl (C=O) groups excluding carboxylic acids is 1. The van der Waals surface area contributed by atoms with Gasteiger partial charge in [-0.3, -0.25) is 4.79 Å². The number of ether oxygens (including phenoxy) is 1. The molecule has 3 aromatic carbocycles. The lowest BCUT2D eigenvalue weighted by Crippen LogP contribution is -2.12. The van der Waals surface area contributed by atoms with Gasteiger partial charge in [0.1, 0.15) is 12.4 Å². The predicted molar refractivity (Wildman–Crippen MR) is 102 cm³/mol. The van der Waals surface area contributed by atoms with E-state index in [1.54, 1.807) is 30.3 Å². The second kappa shape index (κ2) is 8.06. The van der Waals surface area contributed by atoms with Crippen molar-refractivity contribution >= 4 is 34.8 Å². The Hall–Kier alpha value is -2.49. The first kappa shape index (κ1) is 17.3. The molecule has 0 spiro atoms. The number of carbonyl (C=O) groups is 1. The van der Waals surface area contributed by atoms with Crippen LogP contribution in [0.5, 0.6) is 5.75 Å². The molecule has 0 aliphatic heterocycles. The topological polar surface area (TPSA) is 38.3 Å². The average molecular weight is 372 g/mol. The Morgan fingerprint density at radius 1 is 0.880 bits per heavy atom. The second-order valence-corrected chi connectivity index (χ2v) is 6.29. The van der Waals surface area contributed by atoms with Gasteiger partial charge in [0.2, 0.25) is 0 Å². The van der Waals surface area contributed by atoms with Gasteiger partial charge in [0.05, 0.1) is 0 Å². The lowest BCUT2D eigenvalue weighted by molar-refractivity contribution is 0.102. The van der Waals surface area contributed by atoms with Crippen molar-refractivity contribution in [3.8, 4) is 5.75 Å². The predicted octanol–water partition coefficient (Wildman–Crippen LogP) is 5.82. The van der Waals surface area contributed by atoms with Crippen LogP contribution in [0.3, 0.4) is 0 Å². The van der Waals surface area contributed by atoms with E-state index in [0.29, 0.717) is 33.7 Å². The molecule has 0 aliphatic rings. The Balaban J connectivity index is 1.67. The molecule has 0 bridgehead atoms. The summed E-state index contributed by atoms with van der Waals surface area (Å²) in [5, 5.41) is 3.64. The Labute approximate surface area is 156 Å². The van der Waals surface area contributed by atoms with Crippen LogP contribution in [0.1, 0.15) is 15.9 Å². The van der Waals surface area contributed by atoms with Gasteiger partial charge in [0, 0.05) is 27.4 Å². The van der Waals surface area contributed by atoms with E-state index in [9.17, 15) is 4.79 Å². The fourth-order valence-corrected chi connectivity index (χ4v) is 2.82. The molecule has 1 amide bonds. The van der Waals surface area contributed by atoms with Gasteiger partial charge in [-0.15, -0.1) is 0 Å². The molecule has 3 rings (SSSR count). The zero-order valence-corrected chi connectivity index (χ0v) is 14.7. The van der Waals surface area contributed by atoms with Crippen molar-refractivity contribution < 1.29 is 9.53 Å². The molecule has 3 aromatic rings. The highest BCUT2D eigenvalue weighted by Crippen LogP contribution is 2.22. The SMILES string of the molecule is O=C(Nc1cccc(OCc2ccccc2)c1)c1cc(Cl)cc(Cl)c1. The number of hydrogen-bond donors (Lipinski definition) is 1. The van der Waals surface area contributed by atoms with Crippen molar-refractivity contribution in [3.05, 3.63) is 94.0 Å². The lowest BCUT2D eigenvalue weighted by atomic mass is 10.2. The molecule has 0 aliphatic carbocycles. The number of amides is 1. The van der Waals surface area contributed by atoms with Gasteiger partial charge in [-0.1, -0.05) is 59.6 Å². The number of anilines is 1. The van der Waals surface area contributed by atoms with Crippen molar-refractivity contribution in [2.45, 2.75) is 6.61 Å². The van der Waals surface area contributed by atoms with Crippen LogP contribution in [-0.4, -0.2) is 5.91 Å². The van der Waals surface area contributed by atoms with Crippen LogP contribution in [0.2, 0.25) is 10.0 Å². The van der Waals surface area contributed by atoms with E-state index in [1.165, 1.54) is 0 Å². The van der Waals surface area contributed by atoms with Crippen LogP contribution in [0.4, 0.5) is 5.69 Å². The molecular weight excluding hydrogens is 357 g/mol.